The van der Waals surface area contributed by atoms with Gasteiger partial charge in [-0.1, -0.05) is 18.2 Å². The third kappa shape index (κ3) is 3.40. The van der Waals surface area contributed by atoms with Gasteiger partial charge in [-0.15, -0.1) is 0 Å². The van der Waals surface area contributed by atoms with Gasteiger partial charge in [0.2, 0.25) is 0 Å². The van der Waals surface area contributed by atoms with Gasteiger partial charge in [-0.25, -0.2) is 0 Å². The van der Waals surface area contributed by atoms with Crippen LogP contribution < -0.4 is 0 Å². The lowest BCUT2D eigenvalue weighted by Crippen LogP contribution is -2.42. The van der Waals surface area contributed by atoms with Crippen molar-refractivity contribution in [3.8, 4) is 5.75 Å². The molecule has 1 aromatic carbocycles. The molecule has 98 valence electrons. The minimum absolute atomic E-state index is 0.0563. The third-order valence-corrected chi connectivity index (χ3v) is 4.22. The molecular formula is C13H17NO3S. The Kier molecular flexibility index (Phi) is 4.49. The minimum atomic E-state index is -0.759. The lowest BCUT2D eigenvalue weighted by atomic mass is 10.1. The zero-order valence-corrected chi connectivity index (χ0v) is 10.9. The van der Waals surface area contributed by atoms with Crippen molar-refractivity contribution in [2.24, 2.45) is 0 Å². The number of rotatable bonds is 4. The molecule has 0 bridgehead atoms. The van der Waals surface area contributed by atoms with E-state index in [4.69, 9.17) is 5.11 Å². The molecule has 0 amide bonds. The quantitative estimate of drug-likeness (QED) is 0.871. The summed E-state index contributed by atoms with van der Waals surface area (Å²) in [7, 11) is 0. The van der Waals surface area contributed by atoms with Gasteiger partial charge in [0.05, 0.1) is 6.42 Å². The zero-order chi connectivity index (χ0) is 13.0. The summed E-state index contributed by atoms with van der Waals surface area (Å²) in [5, 5.41) is 18.7. The fourth-order valence-corrected chi connectivity index (χ4v) is 3.28. The monoisotopic (exact) mass is 267 g/mol. The molecule has 0 spiro atoms. The first kappa shape index (κ1) is 13.2. The molecule has 1 saturated heterocycles. The Morgan fingerprint density at radius 2 is 2.22 bits per heavy atom. The summed E-state index contributed by atoms with van der Waals surface area (Å²) in [5.74, 6) is 1.39. The Bertz CT molecular complexity index is 424. The highest BCUT2D eigenvalue weighted by atomic mass is 32.2. The molecule has 1 heterocycles. The first-order chi connectivity index (χ1) is 8.66. The first-order valence-corrected chi connectivity index (χ1v) is 7.12. The average molecular weight is 267 g/mol. The molecule has 1 unspecified atom stereocenters. The van der Waals surface area contributed by atoms with Crippen molar-refractivity contribution in [2.45, 2.75) is 19.0 Å². The minimum Gasteiger partial charge on any atom is -0.508 e. The van der Waals surface area contributed by atoms with E-state index >= 15 is 0 Å². The molecular weight excluding hydrogens is 250 g/mol. The Balaban J connectivity index is 2.05. The number of aliphatic carboxylic acids is 1. The number of nitrogens with zero attached hydrogens (tertiary/aromatic N) is 1. The van der Waals surface area contributed by atoms with Crippen LogP contribution in [0.25, 0.3) is 0 Å². The van der Waals surface area contributed by atoms with Gasteiger partial charge in [0.1, 0.15) is 5.75 Å². The predicted octanol–water partition coefficient (Wildman–Crippen LogP) is 1.78. The molecule has 1 fully saturated rings. The Morgan fingerprint density at radius 1 is 1.44 bits per heavy atom. The van der Waals surface area contributed by atoms with Crippen LogP contribution in [0.3, 0.4) is 0 Å². The molecule has 0 radical (unpaired) electrons. The highest BCUT2D eigenvalue weighted by Crippen LogP contribution is 2.24. The van der Waals surface area contributed by atoms with Crippen LogP contribution in [0, 0.1) is 0 Å². The molecule has 5 heteroatoms. The average Bonchev–Trinajstić information content (AvgIpc) is 2.34. The fraction of sp³-hybridized carbons (Fsp3) is 0.462. The molecule has 1 aliphatic rings. The fourth-order valence-electron chi connectivity index (χ4n) is 2.15. The van der Waals surface area contributed by atoms with Crippen LogP contribution in [0.2, 0.25) is 0 Å². The summed E-state index contributed by atoms with van der Waals surface area (Å²) in [6.45, 7) is 1.49. The number of phenolic OH excluding ortho intramolecular Hbond substituents is 1. The van der Waals surface area contributed by atoms with Crippen LogP contribution in [0.15, 0.2) is 24.3 Å². The van der Waals surface area contributed by atoms with E-state index in [0.717, 1.165) is 23.6 Å². The number of aromatic hydroxyl groups is 1. The van der Waals surface area contributed by atoms with Crippen LogP contribution in [0.5, 0.6) is 5.75 Å². The largest absolute Gasteiger partial charge is 0.508 e. The number of carboxylic acids is 1. The Hall–Kier alpha value is -1.20. The van der Waals surface area contributed by atoms with Crippen molar-refractivity contribution in [3.63, 3.8) is 0 Å². The molecule has 1 atom stereocenters. The number of carbonyl (C=O) groups is 1. The molecule has 18 heavy (non-hydrogen) atoms. The summed E-state index contributed by atoms with van der Waals surface area (Å²) >= 11 is 1.80. The molecule has 2 N–H and O–H groups in total. The smallest absolute Gasteiger partial charge is 0.304 e. The zero-order valence-electron chi connectivity index (χ0n) is 10.1. The van der Waals surface area contributed by atoms with E-state index in [1.165, 1.54) is 0 Å². The standard InChI is InChI=1S/C13H17NO3S/c15-12-4-2-1-3-10(12)8-14-5-6-18-9-11(14)7-13(16)17/h1-4,11,15H,5-9H2,(H,16,17). The van der Waals surface area contributed by atoms with Crippen molar-refractivity contribution in [1.82, 2.24) is 4.90 Å². The summed E-state index contributed by atoms with van der Waals surface area (Å²) in [6.07, 6.45) is 0.167. The maximum Gasteiger partial charge on any atom is 0.304 e. The van der Waals surface area contributed by atoms with E-state index < -0.39 is 5.97 Å². The van der Waals surface area contributed by atoms with Crippen molar-refractivity contribution in [1.29, 1.82) is 0 Å². The second kappa shape index (κ2) is 6.11. The number of carboxylic acid groups (broad SMARTS) is 1. The van der Waals surface area contributed by atoms with Gasteiger partial charge in [0.15, 0.2) is 0 Å². The van der Waals surface area contributed by atoms with Gasteiger partial charge in [-0.3, -0.25) is 9.69 Å². The van der Waals surface area contributed by atoms with Crippen LogP contribution in [0.1, 0.15) is 12.0 Å². The second-order valence-electron chi connectivity index (χ2n) is 4.43. The predicted molar refractivity (Wildman–Crippen MR) is 71.9 cm³/mol. The summed E-state index contributed by atoms with van der Waals surface area (Å²) in [5.41, 5.74) is 0.861. The van der Waals surface area contributed by atoms with Crippen molar-refractivity contribution >= 4 is 17.7 Å². The Labute approximate surface area is 111 Å². The summed E-state index contributed by atoms with van der Waals surface area (Å²) in [6, 6.07) is 7.29. The van der Waals surface area contributed by atoms with E-state index in [-0.39, 0.29) is 18.2 Å². The number of benzene rings is 1. The van der Waals surface area contributed by atoms with Crippen molar-refractivity contribution < 1.29 is 15.0 Å². The molecule has 0 saturated carbocycles. The molecule has 4 nitrogen and oxygen atoms in total. The number of thioether (sulfide) groups is 1. The van der Waals surface area contributed by atoms with E-state index in [1.54, 1.807) is 23.9 Å². The van der Waals surface area contributed by atoms with Gasteiger partial charge in [0.25, 0.3) is 0 Å². The van der Waals surface area contributed by atoms with Gasteiger partial charge in [0, 0.05) is 36.2 Å². The maximum atomic E-state index is 10.8. The first-order valence-electron chi connectivity index (χ1n) is 5.97. The van der Waals surface area contributed by atoms with E-state index in [2.05, 4.69) is 4.90 Å². The van der Waals surface area contributed by atoms with Crippen LogP contribution in [0.4, 0.5) is 0 Å². The number of hydrogen-bond acceptors (Lipinski definition) is 4. The van der Waals surface area contributed by atoms with Gasteiger partial charge < -0.3 is 10.2 Å². The number of phenols is 1. The Morgan fingerprint density at radius 3 is 2.94 bits per heavy atom. The molecule has 1 aliphatic heterocycles. The highest BCUT2D eigenvalue weighted by Gasteiger charge is 2.25. The van der Waals surface area contributed by atoms with Crippen LogP contribution in [-0.2, 0) is 11.3 Å². The highest BCUT2D eigenvalue weighted by molar-refractivity contribution is 7.99. The maximum absolute atomic E-state index is 10.8. The number of para-hydroxylation sites is 1. The van der Waals surface area contributed by atoms with Gasteiger partial charge in [-0.2, -0.15) is 11.8 Å². The van der Waals surface area contributed by atoms with Crippen LogP contribution in [-0.4, -0.2) is 45.2 Å². The molecule has 0 aliphatic carbocycles. The van der Waals surface area contributed by atoms with E-state index in [1.807, 2.05) is 12.1 Å². The van der Waals surface area contributed by atoms with Crippen molar-refractivity contribution in [3.05, 3.63) is 29.8 Å². The molecule has 1 aromatic rings. The number of hydrogen-bond donors (Lipinski definition) is 2. The van der Waals surface area contributed by atoms with Crippen molar-refractivity contribution in [2.75, 3.05) is 18.1 Å². The summed E-state index contributed by atoms with van der Waals surface area (Å²) < 4.78 is 0. The second-order valence-corrected chi connectivity index (χ2v) is 5.58. The summed E-state index contributed by atoms with van der Waals surface area (Å²) in [4.78, 5) is 13.0. The third-order valence-electron chi connectivity index (χ3n) is 3.12. The normalized spacial score (nSPS) is 20.8. The van der Waals surface area contributed by atoms with Gasteiger partial charge >= 0.3 is 5.97 Å². The molecule has 0 aromatic heterocycles. The van der Waals surface area contributed by atoms with E-state index in [9.17, 15) is 9.90 Å². The van der Waals surface area contributed by atoms with Gasteiger partial charge in [-0.05, 0) is 6.07 Å². The topological polar surface area (TPSA) is 60.8 Å². The SMILES string of the molecule is O=C(O)CC1CSCCN1Cc1ccccc1O. The van der Waals surface area contributed by atoms with Crippen LogP contribution >= 0.6 is 11.8 Å². The lowest BCUT2D eigenvalue weighted by Gasteiger charge is -2.34. The van der Waals surface area contributed by atoms with E-state index in [0.29, 0.717) is 6.54 Å². The lowest BCUT2D eigenvalue weighted by molar-refractivity contribution is -0.138. The molecule has 2 rings (SSSR count).